The molecule has 4 nitrogen and oxygen atoms in total. The zero-order valence-corrected chi connectivity index (χ0v) is 7.70. The van der Waals surface area contributed by atoms with Crippen LogP contribution >= 0.6 is 0 Å². The zero-order chi connectivity index (χ0) is 9.26. The van der Waals surface area contributed by atoms with Crippen LogP contribution in [0.5, 0.6) is 0 Å². The number of carbonyl (C=O) groups excluding carboxylic acids is 1. The van der Waals surface area contributed by atoms with E-state index in [1.165, 1.54) is 0 Å². The minimum atomic E-state index is -0.301. The number of hydrogen-bond acceptors (Lipinski definition) is 3. The fourth-order valence-electron chi connectivity index (χ4n) is 2.06. The lowest BCUT2D eigenvalue weighted by molar-refractivity contribution is -0.132. The molecule has 2 heterocycles. The van der Waals surface area contributed by atoms with Gasteiger partial charge in [-0.2, -0.15) is 0 Å². The molecule has 4 heteroatoms. The maximum Gasteiger partial charge on any atom is 0.239 e. The van der Waals surface area contributed by atoms with Crippen molar-refractivity contribution in [2.45, 2.75) is 31.4 Å². The van der Waals surface area contributed by atoms with Gasteiger partial charge in [0.25, 0.3) is 0 Å². The van der Waals surface area contributed by atoms with Crippen LogP contribution < -0.4 is 5.32 Å². The first kappa shape index (κ1) is 8.97. The van der Waals surface area contributed by atoms with E-state index in [9.17, 15) is 9.90 Å². The molecule has 2 saturated heterocycles. The SMILES string of the molecule is O=C([C@H]1CCCN1)N1CC[C@@H](O)C1. The van der Waals surface area contributed by atoms with E-state index < -0.39 is 0 Å². The van der Waals surface area contributed by atoms with Gasteiger partial charge >= 0.3 is 0 Å². The van der Waals surface area contributed by atoms with E-state index in [0.717, 1.165) is 32.4 Å². The Labute approximate surface area is 77.9 Å². The molecule has 2 rings (SSSR count). The van der Waals surface area contributed by atoms with Crippen molar-refractivity contribution < 1.29 is 9.90 Å². The lowest BCUT2D eigenvalue weighted by Crippen LogP contribution is -2.42. The molecule has 0 aliphatic carbocycles. The van der Waals surface area contributed by atoms with Crippen LogP contribution in [0.3, 0.4) is 0 Å². The molecule has 13 heavy (non-hydrogen) atoms. The Morgan fingerprint density at radius 1 is 1.46 bits per heavy atom. The average Bonchev–Trinajstić information content (AvgIpc) is 2.72. The molecule has 0 aromatic heterocycles. The van der Waals surface area contributed by atoms with Gasteiger partial charge in [0, 0.05) is 13.1 Å². The van der Waals surface area contributed by atoms with Crippen molar-refractivity contribution in [3.63, 3.8) is 0 Å². The molecule has 74 valence electrons. The summed E-state index contributed by atoms with van der Waals surface area (Å²) in [7, 11) is 0. The van der Waals surface area contributed by atoms with E-state index in [1.54, 1.807) is 4.90 Å². The summed E-state index contributed by atoms with van der Waals surface area (Å²) >= 11 is 0. The lowest BCUT2D eigenvalue weighted by Gasteiger charge is -2.19. The van der Waals surface area contributed by atoms with E-state index in [-0.39, 0.29) is 18.1 Å². The second-order valence-electron chi connectivity index (χ2n) is 3.88. The topological polar surface area (TPSA) is 52.6 Å². The van der Waals surface area contributed by atoms with Gasteiger partial charge in [0.1, 0.15) is 0 Å². The number of aliphatic hydroxyl groups excluding tert-OH is 1. The van der Waals surface area contributed by atoms with E-state index in [0.29, 0.717) is 6.54 Å². The summed E-state index contributed by atoms with van der Waals surface area (Å²) in [5.74, 6) is 0.175. The van der Waals surface area contributed by atoms with Gasteiger partial charge in [-0.05, 0) is 25.8 Å². The molecule has 2 N–H and O–H groups in total. The summed E-state index contributed by atoms with van der Waals surface area (Å²) < 4.78 is 0. The smallest absolute Gasteiger partial charge is 0.239 e. The Morgan fingerprint density at radius 2 is 2.31 bits per heavy atom. The number of rotatable bonds is 1. The average molecular weight is 184 g/mol. The van der Waals surface area contributed by atoms with Crippen molar-refractivity contribution >= 4 is 5.91 Å². The molecular formula is C9H16N2O2. The molecule has 2 fully saturated rings. The molecule has 0 bridgehead atoms. The predicted molar refractivity (Wildman–Crippen MR) is 48.2 cm³/mol. The summed E-state index contributed by atoms with van der Waals surface area (Å²) in [6.45, 7) is 2.20. The third kappa shape index (κ3) is 1.84. The highest BCUT2D eigenvalue weighted by Crippen LogP contribution is 2.14. The predicted octanol–water partition coefficient (Wildman–Crippen LogP) is -0.668. The molecule has 2 atom stereocenters. The number of likely N-dealkylation sites (tertiary alicyclic amines) is 1. The Morgan fingerprint density at radius 3 is 2.85 bits per heavy atom. The molecule has 2 aliphatic heterocycles. The summed E-state index contributed by atoms with van der Waals surface area (Å²) in [4.78, 5) is 13.5. The van der Waals surface area contributed by atoms with Gasteiger partial charge < -0.3 is 15.3 Å². The van der Waals surface area contributed by atoms with Gasteiger partial charge in [-0.15, -0.1) is 0 Å². The largest absolute Gasteiger partial charge is 0.391 e. The molecule has 2 aliphatic rings. The molecule has 0 aromatic rings. The summed E-state index contributed by atoms with van der Waals surface area (Å²) in [6.07, 6.45) is 2.47. The first-order valence-corrected chi connectivity index (χ1v) is 4.97. The lowest BCUT2D eigenvalue weighted by atomic mass is 10.2. The van der Waals surface area contributed by atoms with Crippen molar-refractivity contribution in [2.24, 2.45) is 0 Å². The number of aliphatic hydroxyl groups is 1. The van der Waals surface area contributed by atoms with Crippen molar-refractivity contribution in [3.05, 3.63) is 0 Å². The minimum Gasteiger partial charge on any atom is -0.391 e. The Kier molecular flexibility index (Phi) is 2.51. The third-order valence-corrected chi connectivity index (χ3v) is 2.83. The maximum atomic E-state index is 11.7. The fraction of sp³-hybridized carbons (Fsp3) is 0.889. The zero-order valence-electron chi connectivity index (χ0n) is 7.70. The third-order valence-electron chi connectivity index (χ3n) is 2.83. The standard InChI is InChI=1S/C9H16N2O2/c12-7-3-5-11(6-7)9(13)8-2-1-4-10-8/h7-8,10,12H,1-6H2/t7-,8-/m1/s1. The highest BCUT2D eigenvalue weighted by molar-refractivity contribution is 5.82. The van der Waals surface area contributed by atoms with E-state index in [4.69, 9.17) is 0 Å². The number of amides is 1. The monoisotopic (exact) mass is 184 g/mol. The maximum absolute atomic E-state index is 11.7. The van der Waals surface area contributed by atoms with Crippen LogP contribution in [0.4, 0.5) is 0 Å². The quantitative estimate of drug-likeness (QED) is 0.568. The molecular weight excluding hydrogens is 168 g/mol. The number of nitrogens with one attached hydrogen (secondary N) is 1. The van der Waals surface area contributed by atoms with Crippen LogP contribution in [0, 0.1) is 0 Å². The van der Waals surface area contributed by atoms with Gasteiger partial charge in [-0.25, -0.2) is 0 Å². The molecule has 0 unspecified atom stereocenters. The Balaban J connectivity index is 1.89. The van der Waals surface area contributed by atoms with Crippen LogP contribution in [-0.2, 0) is 4.79 Å². The second-order valence-corrected chi connectivity index (χ2v) is 3.88. The Hall–Kier alpha value is -0.610. The summed E-state index contributed by atoms with van der Waals surface area (Å²) in [6, 6.07) is 0.0188. The van der Waals surface area contributed by atoms with Gasteiger partial charge in [0.05, 0.1) is 12.1 Å². The van der Waals surface area contributed by atoms with Crippen LogP contribution in [-0.4, -0.2) is 47.7 Å². The number of nitrogens with zero attached hydrogens (tertiary/aromatic N) is 1. The van der Waals surface area contributed by atoms with Crippen LogP contribution in [0.2, 0.25) is 0 Å². The Bertz CT molecular complexity index is 202. The van der Waals surface area contributed by atoms with Gasteiger partial charge in [-0.1, -0.05) is 0 Å². The molecule has 0 saturated carbocycles. The van der Waals surface area contributed by atoms with E-state index in [1.807, 2.05) is 0 Å². The van der Waals surface area contributed by atoms with Crippen molar-refractivity contribution in [2.75, 3.05) is 19.6 Å². The number of carbonyl (C=O) groups is 1. The molecule has 0 aromatic carbocycles. The molecule has 0 radical (unpaired) electrons. The van der Waals surface area contributed by atoms with Crippen molar-refractivity contribution in [3.8, 4) is 0 Å². The highest BCUT2D eigenvalue weighted by Gasteiger charge is 2.31. The second kappa shape index (κ2) is 3.64. The first-order valence-electron chi connectivity index (χ1n) is 4.97. The molecule has 1 amide bonds. The van der Waals surface area contributed by atoms with Crippen molar-refractivity contribution in [1.82, 2.24) is 10.2 Å². The first-order chi connectivity index (χ1) is 6.27. The van der Waals surface area contributed by atoms with Crippen molar-refractivity contribution in [1.29, 1.82) is 0 Å². The van der Waals surface area contributed by atoms with Gasteiger partial charge in [0.15, 0.2) is 0 Å². The van der Waals surface area contributed by atoms with E-state index in [2.05, 4.69) is 5.32 Å². The summed E-state index contributed by atoms with van der Waals surface area (Å²) in [5.41, 5.74) is 0. The van der Waals surface area contributed by atoms with E-state index >= 15 is 0 Å². The highest BCUT2D eigenvalue weighted by atomic mass is 16.3. The molecule has 0 spiro atoms. The van der Waals surface area contributed by atoms with Gasteiger partial charge in [-0.3, -0.25) is 4.79 Å². The number of β-amino-alcohol motifs (C(OH)–C–C–N with tert-alkyl or cyclic N) is 1. The normalized spacial score (nSPS) is 34.1. The summed E-state index contributed by atoms with van der Waals surface area (Å²) in [5, 5.41) is 12.5. The van der Waals surface area contributed by atoms with Crippen LogP contribution in [0.25, 0.3) is 0 Å². The van der Waals surface area contributed by atoms with Crippen LogP contribution in [0.15, 0.2) is 0 Å². The minimum absolute atomic E-state index is 0.0188. The number of hydrogen-bond donors (Lipinski definition) is 2. The van der Waals surface area contributed by atoms with Gasteiger partial charge in [0.2, 0.25) is 5.91 Å². The fourth-order valence-corrected chi connectivity index (χ4v) is 2.06. The van der Waals surface area contributed by atoms with Crippen LogP contribution in [0.1, 0.15) is 19.3 Å².